The van der Waals surface area contributed by atoms with Crippen LogP contribution < -0.4 is 5.32 Å². The average molecular weight is 269 g/mol. The Morgan fingerprint density at radius 1 is 1.25 bits per heavy atom. The van der Waals surface area contributed by atoms with Gasteiger partial charge in [-0.25, -0.2) is 9.97 Å². The van der Waals surface area contributed by atoms with Gasteiger partial charge in [0.05, 0.1) is 29.1 Å². The van der Waals surface area contributed by atoms with Crippen molar-refractivity contribution >= 4 is 11.0 Å². The Bertz CT molecular complexity index is 725. The number of rotatable bonds is 4. The van der Waals surface area contributed by atoms with E-state index in [2.05, 4.69) is 28.0 Å². The summed E-state index contributed by atoms with van der Waals surface area (Å²) < 4.78 is 4.12. The van der Waals surface area contributed by atoms with E-state index < -0.39 is 0 Å². The lowest BCUT2D eigenvalue weighted by Gasteiger charge is -2.13. The third-order valence-electron chi connectivity index (χ3n) is 3.70. The van der Waals surface area contributed by atoms with Gasteiger partial charge >= 0.3 is 0 Å². The molecular formula is C15H19N5. The molecule has 0 aliphatic rings. The van der Waals surface area contributed by atoms with Gasteiger partial charge in [-0.05, 0) is 19.2 Å². The van der Waals surface area contributed by atoms with Crippen LogP contribution >= 0.6 is 0 Å². The minimum absolute atomic E-state index is 0.173. The van der Waals surface area contributed by atoms with Gasteiger partial charge in [-0.15, -0.1) is 0 Å². The molecule has 1 N–H and O–H groups in total. The molecule has 104 valence electrons. The molecule has 1 atom stereocenters. The van der Waals surface area contributed by atoms with Crippen LogP contribution in [0.3, 0.4) is 0 Å². The van der Waals surface area contributed by atoms with Crippen LogP contribution in [0.1, 0.15) is 17.6 Å². The van der Waals surface area contributed by atoms with Crippen molar-refractivity contribution in [3.8, 4) is 0 Å². The van der Waals surface area contributed by atoms with Crippen molar-refractivity contribution in [1.29, 1.82) is 0 Å². The van der Waals surface area contributed by atoms with Crippen LogP contribution in [-0.4, -0.2) is 26.1 Å². The Balaban J connectivity index is 1.93. The van der Waals surface area contributed by atoms with Gasteiger partial charge in [0.1, 0.15) is 5.82 Å². The van der Waals surface area contributed by atoms with E-state index in [0.29, 0.717) is 0 Å². The van der Waals surface area contributed by atoms with Crippen molar-refractivity contribution < 1.29 is 0 Å². The molecule has 3 rings (SSSR count). The molecule has 0 amide bonds. The Morgan fingerprint density at radius 2 is 2.05 bits per heavy atom. The molecule has 0 radical (unpaired) electrons. The van der Waals surface area contributed by atoms with E-state index in [-0.39, 0.29) is 6.04 Å². The van der Waals surface area contributed by atoms with E-state index in [0.717, 1.165) is 23.5 Å². The van der Waals surface area contributed by atoms with Crippen LogP contribution in [0, 0.1) is 0 Å². The summed E-state index contributed by atoms with van der Waals surface area (Å²) in [7, 11) is 6.01. The predicted octanol–water partition coefficient (Wildman–Crippen LogP) is 1.81. The van der Waals surface area contributed by atoms with E-state index in [4.69, 9.17) is 4.98 Å². The quantitative estimate of drug-likeness (QED) is 0.786. The van der Waals surface area contributed by atoms with E-state index in [1.165, 1.54) is 5.52 Å². The number of aromatic nitrogens is 4. The summed E-state index contributed by atoms with van der Waals surface area (Å²) >= 11 is 0. The standard InChI is InChI=1S/C15H19N5/c1-16-12(13-9-19(2)10-17-13)8-15-18-11-6-4-5-7-14(11)20(15)3/h4-7,9-10,12,16H,8H2,1-3H3. The average Bonchev–Trinajstić information content (AvgIpc) is 3.01. The first kappa shape index (κ1) is 12.9. The molecule has 0 fully saturated rings. The molecular weight excluding hydrogens is 250 g/mol. The molecule has 3 aromatic rings. The molecule has 0 bridgehead atoms. The molecule has 0 spiro atoms. The van der Waals surface area contributed by atoms with Crippen LogP contribution in [0.25, 0.3) is 11.0 Å². The van der Waals surface area contributed by atoms with Crippen LogP contribution in [0.5, 0.6) is 0 Å². The van der Waals surface area contributed by atoms with Crippen LogP contribution in [0.2, 0.25) is 0 Å². The third kappa shape index (κ3) is 2.20. The van der Waals surface area contributed by atoms with Crippen molar-refractivity contribution in [2.45, 2.75) is 12.5 Å². The highest BCUT2D eigenvalue weighted by Crippen LogP contribution is 2.20. The highest BCUT2D eigenvalue weighted by Gasteiger charge is 2.16. The molecule has 2 heterocycles. The van der Waals surface area contributed by atoms with Gasteiger partial charge in [-0.3, -0.25) is 0 Å². The Morgan fingerprint density at radius 3 is 2.70 bits per heavy atom. The van der Waals surface area contributed by atoms with Crippen molar-refractivity contribution in [2.24, 2.45) is 14.1 Å². The minimum Gasteiger partial charge on any atom is -0.340 e. The van der Waals surface area contributed by atoms with E-state index in [1.54, 1.807) is 0 Å². The smallest absolute Gasteiger partial charge is 0.111 e. The zero-order valence-corrected chi connectivity index (χ0v) is 12.0. The molecule has 0 aliphatic heterocycles. The van der Waals surface area contributed by atoms with Crippen molar-refractivity contribution in [3.63, 3.8) is 0 Å². The minimum atomic E-state index is 0.173. The van der Waals surface area contributed by atoms with E-state index in [1.807, 2.05) is 49.4 Å². The zero-order valence-electron chi connectivity index (χ0n) is 12.0. The number of fused-ring (bicyclic) bond motifs is 1. The summed E-state index contributed by atoms with van der Waals surface area (Å²) in [5, 5.41) is 3.32. The van der Waals surface area contributed by atoms with E-state index >= 15 is 0 Å². The summed E-state index contributed by atoms with van der Waals surface area (Å²) in [5.74, 6) is 1.07. The number of nitrogens with zero attached hydrogens (tertiary/aromatic N) is 4. The van der Waals surface area contributed by atoms with Gasteiger partial charge in [0.25, 0.3) is 0 Å². The van der Waals surface area contributed by atoms with Gasteiger partial charge in [-0.2, -0.15) is 0 Å². The number of hydrogen-bond donors (Lipinski definition) is 1. The maximum atomic E-state index is 4.72. The maximum absolute atomic E-state index is 4.72. The van der Waals surface area contributed by atoms with Crippen LogP contribution in [0.4, 0.5) is 0 Å². The Kier molecular flexibility index (Phi) is 3.28. The van der Waals surface area contributed by atoms with E-state index in [9.17, 15) is 0 Å². The molecule has 5 heteroatoms. The van der Waals surface area contributed by atoms with Gasteiger partial charge in [0, 0.05) is 26.7 Å². The first-order chi connectivity index (χ1) is 9.69. The lowest BCUT2D eigenvalue weighted by atomic mass is 10.1. The molecule has 0 aliphatic carbocycles. The summed E-state index contributed by atoms with van der Waals surface area (Å²) in [6.07, 6.45) is 4.69. The summed E-state index contributed by atoms with van der Waals surface area (Å²) in [6.45, 7) is 0. The fraction of sp³-hybridized carbons (Fsp3) is 0.333. The fourth-order valence-electron chi connectivity index (χ4n) is 2.53. The van der Waals surface area contributed by atoms with Gasteiger partial charge in [-0.1, -0.05) is 12.1 Å². The molecule has 1 aromatic carbocycles. The topological polar surface area (TPSA) is 47.7 Å². The van der Waals surface area contributed by atoms with Crippen molar-refractivity contribution in [1.82, 2.24) is 24.4 Å². The highest BCUT2D eigenvalue weighted by molar-refractivity contribution is 5.75. The lowest BCUT2D eigenvalue weighted by Crippen LogP contribution is -2.20. The zero-order chi connectivity index (χ0) is 14.1. The monoisotopic (exact) mass is 269 g/mol. The normalized spacial score (nSPS) is 12.9. The molecule has 0 saturated carbocycles. The molecule has 1 unspecified atom stereocenters. The summed E-state index contributed by atoms with van der Waals surface area (Å²) in [4.78, 5) is 9.15. The highest BCUT2D eigenvalue weighted by atomic mass is 15.1. The van der Waals surface area contributed by atoms with Crippen LogP contribution in [-0.2, 0) is 20.5 Å². The van der Waals surface area contributed by atoms with Crippen molar-refractivity contribution in [2.75, 3.05) is 7.05 Å². The lowest BCUT2D eigenvalue weighted by molar-refractivity contribution is 0.554. The third-order valence-corrected chi connectivity index (χ3v) is 3.70. The molecule has 20 heavy (non-hydrogen) atoms. The largest absolute Gasteiger partial charge is 0.340 e. The van der Waals surface area contributed by atoms with Gasteiger partial charge < -0.3 is 14.5 Å². The number of aryl methyl sites for hydroxylation is 2. The number of para-hydroxylation sites is 2. The summed E-state index contributed by atoms with van der Waals surface area (Å²) in [6, 6.07) is 8.39. The second-order valence-corrected chi connectivity index (χ2v) is 5.09. The number of benzene rings is 1. The molecule has 0 saturated heterocycles. The second kappa shape index (κ2) is 5.09. The number of imidazole rings is 2. The first-order valence-corrected chi connectivity index (χ1v) is 6.74. The molecule has 2 aromatic heterocycles. The Hall–Kier alpha value is -2.14. The maximum Gasteiger partial charge on any atom is 0.111 e. The van der Waals surface area contributed by atoms with Crippen molar-refractivity contribution in [3.05, 3.63) is 48.3 Å². The number of likely N-dealkylation sites (N-methyl/N-ethyl adjacent to an activating group) is 1. The van der Waals surface area contributed by atoms with Gasteiger partial charge in [0.2, 0.25) is 0 Å². The van der Waals surface area contributed by atoms with Crippen LogP contribution in [0.15, 0.2) is 36.8 Å². The Labute approximate surface area is 118 Å². The first-order valence-electron chi connectivity index (χ1n) is 6.74. The predicted molar refractivity (Wildman–Crippen MR) is 79.4 cm³/mol. The number of nitrogens with one attached hydrogen (secondary N) is 1. The summed E-state index contributed by atoms with van der Waals surface area (Å²) in [5.41, 5.74) is 3.25. The SMILES string of the molecule is CNC(Cc1nc2ccccc2n1C)c1cn(C)cn1. The number of hydrogen-bond acceptors (Lipinski definition) is 3. The van der Waals surface area contributed by atoms with Gasteiger partial charge in [0.15, 0.2) is 0 Å². The fourth-order valence-corrected chi connectivity index (χ4v) is 2.53. The molecule has 5 nitrogen and oxygen atoms in total. The second-order valence-electron chi connectivity index (χ2n) is 5.09.